The summed E-state index contributed by atoms with van der Waals surface area (Å²) in [5, 5.41) is 11.2. The van der Waals surface area contributed by atoms with Gasteiger partial charge < -0.3 is 5.32 Å². The summed E-state index contributed by atoms with van der Waals surface area (Å²) in [7, 11) is 0. The van der Waals surface area contributed by atoms with Crippen molar-refractivity contribution >= 4 is 22.9 Å². The smallest absolute Gasteiger partial charge is 0.131 e. The molecule has 138 valence electrons. The van der Waals surface area contributed by atoms with Gasteiger partial charge in [0.25, 0.3) is 0 Å². The van der Waals surface area contributed by atoms with Crippen LogP contribution >= 0.6 is 22.9 Å². The standard InChI is InChI=1S/C19H29ClN4S/c1-14(2)13-24-19(20)16(15(3)22-24)11-21-12-17(18-7-6-10-25-18)23-8-4-5-9-23/h6-7,10,14,17,21H,4-5,8-9,11-13H2,1-3H3. The van der Waals surface area contributed by atoms with Crippen molar-refractivity contribution < 1.29 is 0 Å². The summed E-state index contributed by atoms with van der Waals surface area (Å²) in [4.78, 5) is 4.06. The zero-order valence-corrected chi connectivity index (χ0v) is 17.0. The molecule has 2 aromatic rings. The Kier molecular flexibility index (Phi) is 6.55. The third kappa shape index (κ3) is 4.64. The summed E-state index contributed by atoms with van der Waals surface area (Å²) in [6, 6.07) is 4.88. The van der Waals surface area contributed by atoms with E-state index in [2.05, 4.69) is 53.6 Å². The van der Waals surface area contributed by atoms with E-state index in [0.717, 1.165) is 36.0 Å². The van der Waals surface area contributed by atoms with Crippen LogP contribution in [0.3, 0.4) is 0 Å². The van der Waals surface area contributed by atoms with Gasteiger partial charge >= 0.3 is 0 Å². The molecule has 1 N–H and O–H groups in total. The van der Waals surface area contributed by atoms with E-state index < -0.39 is 0 Å². The van der Waals surface area contributed by atoms with Crippen LogP contribution in [0.4, 0.5) is 0 Å². The molecule has 25 heavy (non-hydrogen) atoms. The van der Waals surface area contributed by atoms with Crippen molar-refractivity contribution in [1.29, 1.82) is 0 Å². The molecule has 0 bridgehead atoms. The van der Waals surface area contributed by atoms with E-state index in [1.165, 1.54) is 30.8 Å². The van der Waals surface area contributed by atoms with Gasteiger partial charge in [-0.1, -0.05) is 31.5 Å². The molecule has 6 heteroatoms. The van der Waals surface area contributed by atoms with E-state index in [4.69, 9.17) is 11.6 Å². The summed E-state index contributed by atoms with van der Waals surface area (Å²) >= 11 is 8.42. The Morgan fingerprint density at radius 3 is 2.72 bits per heavy atom. The number of rotatable bonds is 8. The van der Waals surface area contributed by atoms with E-state index in [9.17, 15) is 0 Å². The molecule has 0 saturated carbocycles. The molecule has 0 amide bonds. The third-order valence-electron chi connectivity index (χ3n) is 4.81. The van der Waals surface area contributed by atoms with Crippen molar-refractivity contribution in [3.8, 4) is 0 Å². The molecular formula is C19H29ClN4S. The Balaban J connectivity index is 1.63. The van der Waals surface area contributed by atoms with Crippen molar-refractivity contribution in [2.24, 2.45) is 5.92 Å². The number of thiophene rings is 1. The SMILES string of the molecule is Cc1nn(CC(C)C)c(Cl)c1CNCC(c1cccs1)N1CCCC1. The average Bonchev–Trinajstić information content (AvgIpc) is 3.30. The zero-order valence-electron chi connectivity index (χ0n) is 15.5. The topological polar surface area (TPSA) is 33.1 Å². The number of aryl methyl sites for hydroxylation is 1. The molecule has 4 nitrogen and oxygen atoms in total. The highest BCUT2D eigenvalue weighted by atomic mass is 35.5. The molecule has 0 aliphatic carbocycles. The maximum Gasteiger partial charge on any atom is 0.131 e. The normalized spacial score (nSPS) is 16.8. The monoisotopic (exact) mass is 380 g/mol. The van der Waals surface area contributed by atoms with E-state index >= 15 is 0 Å². The van der Waals surface area contributed by atoms with Crippen LogP contribution in [0, 0.1) is 12.8 Å². The van der Waals surface area contributed by atoms with Gasteiger partial charge in [-0.25, -0.2) is 0 Å². The molecule has 3 heterocycles. The van der Waals surface area contributed by atoms with Gasteiger partial charge in [0.1, 0.15) is 5.15 Å². The molecule has 0 radical (unpaired) electrons. The van der Waals surface area contributed by atoms with Gasteiger partial charge in [-0.2, -0.15) is 5.10 Å². The number of hydrogen-bond donors (Lipinski definition) is 1. The van der Waals surface area contributed by atoms with Crippen LogP contribution < -0.4 is 5.32 Å². The Labute approximate surface area is 160 Å². The maximum absolute atomic E-state index is 6.57. The molecule has 1 saturated heterocycles. The lowest BCUT2D eigenvalue weighted by Gasteiger charge is -2.27. The van der Waals surface area contributed by atoms with Gasteiger partial charge in [0.05, 0.1) is 11.7 Å². The number of likely N-dealkylation sites (tertiary alicyclic amines) is 1. The number of nitrogens with zero attached hydrogens (tertiary/aromatic N) is 3. The minimum atomic E-state index is 0.465. The number of aromatic nitrogens is 2. The van der Waals surface area contributed by atoms with Crippen LogP contribution in [-0.4, -0.2) is 34.3 Å². The quantitative estimate of drug-likeness (QED) is 0.732. The fourth-order valence-electron chi connectivity index (χ4n) is 3.54. The minimum Gasteiger partial charge on any atom is -0.311 e. The molecule has 0 spiro atoms. The summed E-state index contributed by atoms with van der Waals surface area (Å²) in [5.74, 6) is 0.538. The molecule has 1 aliphatic rings. The first-order chi connectivity index (χ1) is 12.1. The second kappa shape index (κ2) is 8.67. The number of halogens is 1. The Bertz CT molecular complexity index is 659. The molecule has 1 aliphatic heterocycles. The lowest BCUT2D eigenvalue weighted by atomic mass is 10.2. The van der Waals surface area contributed by atoms with Crippen molar-refractivity contribution in [2.45, 2.75) is 52.7 Å². The molecular weight excluding hydrogens is 352 g/mol. The number of hydrogen-bond acceptors (Lipinski definition) is 4. The van der Waals surface area contributed by atoms with Gasteiger partial charge in [-0.3, -0.25) is 9.58 Å². The molecule has 1 unspecified atom stereocenters. The van der Waals surface area contributed by atoms with Gasteiger partial charge in [-0.15, -0.1) is 11.3 Å². The van der Waals surface area contributed by atoms with Crippen molar-refractivity contribution in [2.75, 3.05) is 19.6 Å². The van der Waals surface area contributed by atoms with Crippen LogP contribution in [0.5, 0.6) is 0 Å². The summed E-state index contributed by atoms with van der Waals surface area (Å²) < 4.78 is 1.94. The molecule has 3 rings (SSSR count). The maximum atomic E-state index is 6.57. The van der Waals surface area contributed by atoms with Gasteiger partial charge in [0, 0.05) is 30.1 Å². The van der Waals surface area contributed by atoms with Crippen LogP contribution in [0.2, 0.25) is 5.15 Å². The Morgan fingerprint density at radius 2 is 2.08 bits per heavy atom. The highest BCUT2D eigenvalue weighted by Crippen LogP contribution is 2.28. The largest absolute Gasteiger partial charge is 0.311 e. The average molecular weight is 381 g/mol. The first-order valence-corrected chi connectivity index (χ1v) is 10.5. The lowest BCUT2D eigenvalue weighted by molar-refractivity contribution is 0.241. The summed E-state index contributed by atoms with van der Waals surface area (Å²) in [6.45, 7) is 11.4. The third-order valence-corrected chi connectivity index (χ3v) is 6.21. The molecule has 1 fully saturated rings. The fourth-order valence-corrected chi connectivity index (χ4v) is 4.71. The highest BCUT2D eigenvalue weighted by molar-refractivity contribution is 7.10. The van der Waals surface area contributed by atoms with Crippen LogP contribution in [-0.2, 0) is 13.1 Å². The highest BCUT2D eigenvalue weighted by Gasteiger charge is 2.24. The second-order valence-corrected chi connectivity index (χ2v) is 8.67. The van der Waals surface area contributed by atoms with Crippen LogP contribution in [0.25, 0.3) is 0 Å². The van der Waals surface area contributed by atoms with Crippen LogP contribution in [0.15, 0.2) is 17.5 Å². The predicted octanol–water partition coefficient (Wildman–Crippen LogP) is 4.49. The molecule has 0 aromatic carbocycles. The van der Waals surface area contributed by atoms with E-state index in [-0.39, 0.29) is 0 Å². The zero-order chi connectivity index (χ0) is 17.8. The first kappa shape index (κ1) is 18.9. The molecule has 1 atom stereocenters. The van der Waals surface area contributed by atoms with Gasteiger partial charge in [-0.05, 0) is 50.2 Å². The Morgan fingerprint density at radius 1 is 1.32 bits per heavy atom. The van der Waals surface area contributed by atoms with E-state index in [0.29, 0.717) is 12.0 Å². The summed E-state index contributed by atoms with van der Waals surface area (Å²) in [6.07, 6.45) is 2.63. The Hall–Kier alpha value is -0.880. The van der Waals surface area contributed by atoms with Crippen molar-refractivity contribution in [3.63, 3.8) is 0 Å². The minimum absolute atomic E-state index is 0.465. The van der Waals surface area contributed by atoms with Crippen LogP contribution in [0.1, 0.15) is 48.9 Å². The van der Waals surface area contributed by atoms with Gasteiger partial charge in [0.2, 0.25) is 0 Å². The molecule has 2 aromatic heterocycles. The number of nitrogens with one attached hydrogen (secondary N) is 1. The van der Waals surface area contributed by atoms with Crippen molar-refractivity contribution in [1.82, 2.24) is 20.0 Å². The van der Waals surface area contributed by atoms with Crippen molar-refractivity contribution in [3.05, 3.63) is 38.8 Å². The fraction of sp³-hybridized carbons (Fsp3) is 0.632. The van der Waals surface area contributed by atoms with Gasteiger partial charge in [0.15, 0.2) is 0 Å². The second-order valence-electron chi connectivity index (χ2n) is 7.34. The first-order valence-electron chi connectivity index (χ1n) is 9.26. The predicted molar refractivity (Wildman–Crippen MR) is 106 cm³/mol. The van der Waals surface area contributed by atoms with E-state index in [1.807, 2.05) is 16.0 Å². The lowest BCUT2D eigenvalue weighted by Crippen LogP contribution is -2.33. The summed E-state index contributed by atoms with van der Waals surface area (Å²) in [5.41, 5.74) is 2.17. The van der Waals surface area contributed by atoms with E-state index in [1.54, 1.807) is 0 Å².